The Balaban J connectivity index is 1.42. The normalized spacial score (nSPS) is 26.4. The van der Waals surface area contributed by atoms with Crippen molar-refractivity contribution in [3.63, 3.8) is 0 Å². The third-order valence-corrected chi connectivity index (χ3v) is 7.16. The van der Waals surface area contributed by atoms with Gasteiger partial charge in [-0.15, -0.1) is 0 Å². The van der Waals surface area contributed by atoms with Gasteiger partial charge >= 0.3 is 0 Å². The molecule has 0 aliphatic carbocycles. The largest absolute Gasteiger partial charge is 0.454 e. The Morgan fingerprint density at radius 3 is 2.36 bits per heavy atom. The van der Waals surface area contributed by atoms with Gasteiger partial charge in [-0.25, -0.2) is 0 Å². The summed E-state index contributed by atoms with van der Waals surface area (Å²) in [6.45, 7) is 5.73. The molecule has 0 bridgehead atoms. The predicted molar refractivity (Wildman–Crippen MR) is 101 cm³/mol. The highest BCUT2D eigenvalue weighted by Crippen LogP contribution is 2.36. The average molecular weight is 411 g/mol. The molecule has 3 aliphatic rings. The monoisotopic (exact) mass is 411 g/mol. The molecule has 0 spiro atoms. The van der Waals surface area contributed by atoms with E-state index in [2.05, 4.69) is 0 Å². The van der Waals surface area contributed by atoms with Gasteiger partial charge in [0.05, 0.1) is 17.8 Å². The number of morpholine rings is 1. The van der Waals surface area contributed by atoms with E-state index in [-0.39, 0.29) is 38.0 Å². The summed E-state index contributed by atoms with van der Waals surface area (Å²) in [6, 6.07) is 5.21. The number of carbonyl (C=O) groups is 1. The van der Waals surface area contributed by atoms with Crippen molar-refractivity contribution < 1.29 is 27.4 Å². The lowest BCUT2D eigenvalue weighted by Crippen LogP contribution is -2.57. The zero-order chi connectivity index (χ0) is 19.9. The number of piperazine rings is 1. The summed E-state index contributed by atoms with van der Waals surface area (Å²) >= 11 is 0. The van der Waals surface area contributed by atoms with Crippen molar-refractivity contribution in [2.45, 2.75) is 26.1 Å². The first kappa shape index (κ1) is 19.4. The van der Waals surface area contributed by atoms with E-state index in [1.54, 1.807) is 23.1 Å². The van der Waals surface area contributed by atoms with Crippen LogP contribution in [-0.4, -0.2) is 86.1 Å². The van der Waals surface area contributed by atoms with E-state index in [1.807, 2.05) is 13.8 Å². The molecule has 3 aliphatic heterocycles. The summed E-state index contributed by atoms with van der Waals surface area (Å²) < 4.78 is 45.3. The molecule has 2 unspecified atom stereocenters. The van der Waals surface area contributed by atoms with Crippen LogP contribution in [0.3, 0.4) is 0 Å². The van der Waals surface area contributed by atoms with Crippen molar-refractivity contribution >= 4 is 16.1 Å². The Morgan fingerprint density at radius 1 is 1.00 bits per heavy atom. The fraction of sp³-hybridized carbons (Fsp3) is 0.611. The average Bonchev–Trinajstić information content (AvgIpc) is 3.15. The number of ether oxygens (including phenoxy) is 3. The van der Waals surface area contributed by atoms with Gasteiger partial charge in [0.1, 0.15) is 0 Å². The molecule has 2 fully saturated rings. The van der Waals surface area contributed by atoms with Crippen LogP contribution < -0.4 is 9.47 Å². The topological polar surface area (TPSA) is 88.6 Å². The van der Waals surface area contributed by atoms with Crippen molar-refractivity contribution in [2.75, 3.05) is 46.1 Å². The molecule has 154 valence electrons. The smallest absolute Gasteiger partial charge is 0.282 e. The number of para-hydroxylation sites is 1. The zero-order valence-electron chi connectivity index (χ0n) is 16.0. The maximum Gasteiger partial charge on any atom is 0.282 e. The van der Waals surface area contributed by atoms with Crippen LogP contribution in [0.2, 0.25) is 0 Å². The highest BCUT2D eigenvalue weighted by atomic mass is 32.2. The van der Waals surface area contributed by atoms with Crippen molar-refractivity contribution in [1.82, 2.24) is 13.5 Å². The minimum absolute atomic E-state index is 0.0992. The zero-order valence-corrected chi connectivity index (χ0v) is 16.9. The molecule has 4 rings (SSSR count). The van der Waals surface area contributed by atoms with Gasteiger partial charge in [-0.05, 0) is 26.0 Å². The van der Waals surface area contributed by atoms with Gasteiger partial charge in [-0.2, -0.15) is 17.0 Å². The molecule has 0 N–H and O–H groups in total. The Bertz CT molecular complexity index is 843. The van der Waals surface area contributed by atoms with Crippen LogP contribution in [0.1, 0.15) is 24.2 Å². The minimum atomic E-state index is -3.57. The predicted octanol–water partition coefficient (Wildman–Crippen LogP) is 0.527. The second-order valence-corrected chi connectivity index (χ2v) is 9.24. The van der Waals surface area contributed by atoms with E-state index < -0.39 is 10.2 Å². The van der Waals surface area contributed by atoms with Crippen LogP contribution >= 0.6 is 0 Å². The molecule has 1 amide bonds. The summed E-state index contributed by atoms with van der Waals surface area (Å²) in [5.41, 5.74) is 0.446. The Labute approximate surface area is 164 Å². The van der Waals surface area contributed by atoms with Gasteiger partial charge in [-0.1, -0.05) is 6.07 Å². The van der Waals surface area contributed by atoms with Crippen molar-refractivity contribution in [3.8, 4) is 11.5 Å². The van der Waals surface area contributed by atoms with Gasteiger partial charge in [0.15, 0.2) is 11.5 Å². The van der Waals surface area contributed by atoms with E-state index in [1.165, 1.54) is 8.61 Å². The second-order valence-electron chi connectivity index (χ2n) is 7.31. The Hall–Kier alpha value is -1.88. The molecule has 2 saturated heterocycles. The van der Waals surface area contributed by atoms with Crippen LogP contribution in [0.15, 0.2) is 18.2 Å². The van der Waals surface area contributed by atoms with Crippen LogP contribution in [0.5, 0.6) is 11.5 Å². The van der Waals surface area contributed by atoms with Gasteiger partial charge in [-0.3, -0.25) is 4.79 Å². The lowest BCUT2D eigenvalue weighted by molar-refractivity contribution is -0.0457. The maximum absolute atomic E-state index is 13.0. The lowest BCUT2D eigenvalue weighted by Gasteiger charge is -2.40. The fourth-order valence-electron chi connectivity index (χ4n) is 3.87. The molecule has 9 nitrogen and oxygen atoms in total. The SMILES string of the molecule is CC1CN(S(=O)(=O)N2CCN(C(=O)c3cccc4c3OCO4)CC2)CC(C)O1. The highest BCUT2D eigenvalue weighted by molar-refractivity contribution is 7.86. The summed E-state index contributed by atoms with van der Waals surface area (Å²) in [4.78, 5) is 14.6. The third kappa shape index (κ3) is 3.57. The van der Waals surface area contributed by atoms with Crippen molar-refractivity contribution in [3.05, 3.63) is 23.8 Å². The molecule has 0 aromatic heterocycles. The molecule has 0 saturated carbocycles. The molecule has 1 aromatic carbocycles. The molecular formula is C18H25N3O6S. The Morgan fingerprint density at radius 2 is 1.68 bits per heavy atom. The van der Waals surface area contributed by atoms with Gasteiger partial charge in [0.25, 0.3) is 16.1 Å². The van der Waals surface area contributed by atoms with E-state index in [0.717, 1.165) is 0 Å². The summed E-state index contributed by atoms with van der Waals surface area (Å²) in [5.74, 6) is 0.842. The molecule has 28 heavy (non-hydrogen) atoms. The molecular weight excluding hydrogens is 386 g/mol. The number of rotatable bonds is 3. The number of nitrogens with zero attached hydrogens (tertiary/aromatic N) is 3. The first-order valence-corrected chi connectivity index (χ1v) is 10.8. The minimum Gasteiger partial charge on any atom is -0.454 e. The van der Waals surface area contributed by atoms with Gasteiger partial charge in [0.2, 0.25) is 6.79 Å². The molecule has 0 radical (unpaired) electrons. The molecule has 10 heteroatoms. The number of hydrogen-bond acceptors (Lipinski definition) is 6. The number of benzene rings is 1. The van der Waals surface area contributed by atoms with Gasteiger partial charge < -0.3 is 19.1 Å². The van der Waals surface area contributed by atoms with E-state index in [9.17, 15) is 13.2 Å². The number of hydrogen-bond donors (Lipinski definition) is 0. The summed E-state index contributed by atoms with van der Waals surface area (Å²) in [5, 5.41) is 0. The lowest BCUT2D eigenvalue weighted by atomic mass is 10.1. The van der Waals surface area contributed by atoms with Crippen LogP contribution in [0.4, 0.5) is 0 Å². The molecule has 3 heterocycles. The van der Waals surface area contributed by atoms with E-state index in [0.29, 0.717) is 43.2 Å². The quantitative estimate of drug-likeness (QED) is 0.721. The standard InChI is InChI=1S/C18H25N3O6S/c1-13-10-21(11-14(2)27-13)28(23,24)20-8-6-19(7-9-20)18(22)15-4-3-5-16-17(15)26-12-25-16/h3-5,13-14H,6-12H2,1-2H3. The number of fused-ring (bicyclic) bond motifs is 1. The number of amides is 1. The van der Waals surface area contributed by atoms with Gasteiger partial charge in [0, 0.05) is 39.3 Å². The van der Waals surface area contributed by atoms with Crippen LogP contribution in [0, 0.1) is 0 Å². The molecule has 1 aromatic rings. The molecule has 2 atom stereocenters. The van der Waals surface area contributed by atoms with Crippen molar-refractivity contribution in [1.29, 1.82) is 0 Å². The van der Waals surface area contributed by atoms with Crippen molar-refractivity contribution in [2.24, 2.45) is 0 Å². The van der Waals surface area contributed by atoms with E-state index in [4.69, 9.17) is 14.2 Å². The first-order chi connectivity index (χ1) is 13.4. The van der Waals surface area contributed by atoms with Crippen LogP contribution in [0.25, 0.3) is 0 Å². The Kier molecular flexibility index (Phi) is 5.21. The second kappa shape index (κ2) is 7.51. The first-order valence-electron chi connectivity index (χ1n) is 9.45. The summed E-state index contributed by atoms with van der Waals surface area (Å²) in [6.07, 6.45) is -0.271. The van der Waals surface area contributed by atoms with E-state index >= 15 is 0 Å². The number of carbonyl (C=O) groups excluding carboxylic acids is 1. The summed E-state index contributed by atoms with van der Waals surface area (Å²) in [7, 11) is -3.57. The third-order valence-electron chi connectivity index (χ3n) is 5.19. The van der Waals surface area contributed by atoms with Crippen LogP contribution in [-0.2, 0) is 14.9 Å². The highest BCUT2D eigenvalue weighted by Gasteiger charge is 2.37. The fourth-order valence-corrected chi connectivity index (χ4v) is 5.62. The maximum atomic E-state index is 13.0.